The lowest BCUT2D eigenvalue weighted by molar-refractivity contribution is -0.355. The lowest BCUT2D eigenvalue weighted by Crippen LogP contribution is -2.65. The third-order valence-corrected chi connectivity index (χ3v) is 8.01. The molecule has 0 aromatic heterocycles. The number of carbonyl (C=O) groups is 1. The number of aliphatic carboxylic acids is 1. The van der Waals surface area contributed by atoms with Gasteiger partial charge in [0.25, 0.3) is 0 Å². The fraction of sp³-hybridized carbons (Fsp3) is 0.967. The second-order valence-electron chi connectivity index (χ2n) is 12.3. The Balaban J connectivity index is 1.64. The average Bonchev–Trinajstić information content (AvgIpc) is 2.98. The summed E-state index contributed by atoms with van der Waals surface area (Å²) in [5.74, 6) is -0.806. The van der Waals surface area contributed by atoms with E-state index in [0.717, 1.165) is 25.2 Å². The van der Waals surface area contributed by atoms with E-state index < -0.39 is 80.1 Å². The lowest BCUT2D eigenvalue weighted by Gasteiger charge is -2.45. The summed E-state index contributed by atoms with van der Waals surface area (Å²) in [5.41, 5.74) is 0. The van der Waals surface area contributed by atoms with E-state index in [2.05, 4.69) is 13.8 Å². The molecule has 8 N–H and O–H groups in total. The van der Waals surface area contributed by atoms with Crippen LogP contribution in [0.1, 0.15) is 84.5 Å². The number of carboxylic acid groups (broad SMARTS) is 1. The van der Waals surface area contributed by atoms with Crippen LogP contribution >= 0.6 is 0 Å². The molecule has 0 aliphatic carbocycles. The van der Waals surface area contributed by atoms with Crippen LogP contribution in [0.15, 0.2) is 0 Å². The molecule has 0 aromatic carbocycles. The van der Waals surface area contributed by atoms with Crippen molar-refractivity contribution in [3.63, 3.8) is 0 Å². The molecule has 0 bridgehead atoms. The highest BCUT2D eigenvalue weighted by molar-refractivity contribution is 5.73. The van der Waals surface area contributed by atoms with E-state index in [4.69, 9.17) is 23.7 Å². The Kier molecular flexibility index (Phi) is 18.7. The molecule has 44 heavy (non-hydrogen) atoms. The first kappa shape index (κ1) is 39.2. The smallest absolute Gasteiger partial charge is 0.335 e. The van der Waals surface area contributed by atoms with E-state index in [1.165, 1.54) is 51.4 Å². The Morgan fingerprint density at radius 2 is 1.30 bits per heavy atom. The van der Waals surface area contributed by atoms with Gasteiger partial charge < -0.3 is 64.5 Å². The standard InChI is InChI=1S/C30H56O14/c1-18(2)13-11-9-7-5-3-4-6-8-10-12-14-40-16-19(32)17-41-29-25(37)23(35)26(27(44-29)28(38)39)43-30-24(36)22(34)21(33)20(15-31)42-30/h18-27,29-37H,3-17H2,1-2H3,(H,38,39). The van der Waals surface area contributed by atoms with E-state index >= 15 is 0 Å². The quantitative estimate of drug-likeness (QED) is 0.0732. The van der Waals surface area contributed by atoms with Crippen molar-refractivity contribution in [3.05, 3.63) is 0 Å². The van der Waals surface area contributed by atoms with Crippen LogP contribution < -0.4 is 0 Å². The number of carboxylic acids is 1. The van der Waals surface area contributed by atoms with Gasteiger partial charge in [0, 0.05) is 6.61 Å². The van der Waals surface area contributed by atoms with Crippen molar-refractivity contribution in [2.75, 3.05) is 26.4 Å². The fourth-order valence-corrected chi connectivity index (χ4v) is 5.30. The molecule has 2 heterocycles. The van der Waals surface area contributed by atoms with Crippen LogP contribution in [0.2, 0.25) is 0 Å². The van der Waals surface area contributed by atoms with Gasteiger partial charge in [-0.15, -0.1) is 0 Å². The molecule has 0 aromatic rings. The molecule has 11 unspecified atom stereocenters. The first-order valence-electron chi connectivity index (χ1n) is 16.1. The lowest BCUT2D eigenvalue weighted by atomic mass is 9.97. The molecule has 2 aliphatic rings. The highest BCUT2D eigenvalue weighted by Gasteiger charge is 2.53. The highest BCUT2D eigenvalue weighted by Crippen LogP contribution is 2.30. The molecule has 2 fully saturated rings. The molecule has 14 heteroatoms. The van der Waals surface area contributed by atoms with E-state index in [9.17, 15) is 45.6 Å². The second kappa shape index (κ2) is 21.0. The van der Waals surface area contributed by atoms with Crippen LogP contribution in [0, 0.1) is 5.92 Å². The van der Waals surface area contributed by atoms with Crippen LogP contribution in [-0.2, 0) is 28.5 Å². The fourth-order valence-electron chi connectivity index (χ4n) is 5.30. The molecule has 2 saturated heterocycles. The Hall–Kier alpha value is -1.01. The van der Waals surface area contributed by atoms with Crippen LogP contribution in [0.4, 0.5) is 0 Å². The first-order chi connectivity index (χ1) is 21.0. The van der Waals surface area contributed by atoms with Crippen molar-refractivity contribution < 1.29 is 69.3 Å². The largest absolute Gasteiger partial charge is 0.479 e. The Morgan fingerprint density at radius 1 is 0.727 bits per heavy atom. The second-order valence-corrected chi connectivity index (χ2v) is 12.3. The van der Waals surface area contributed by atoms with Gasteiger partial charge in [-0.2, -0.15) is 0 Å². The molecular formula is C30H56O14. The summed E-state index contributed by atoms with van der Waals surface area (Å²) in [4.78, 5) is 11.9. The topological polar surface area (TPSA) is 225 Å². The van der Waals surface area contributed by atoms with Gasteiger partial charge in [0.1, 0.15) is 48.8 Å². The van der Waals surface area contributed by atoms with Crippen LogP contribution in [0.25, 0.3) is 0 Å². The maximum atomic E-state index is 11.9. The van der Waals surface area contributed by atoms with E-state index in [1.54, 1.807) is 0 Å². The summed E-state index contributed by atoms with van der Waals surface area (Å²) < 4.78 is 26.7. The van der Waals surface area contributed by atoms with Crippen LogP contribution in [0.5, 0.6) is 0 Å². The molecule has 0 saturated carbocycles. The third kappa shape index (κ3) is 13.0. The van der Waals surface area contributed by atoms with Crippen molar-refractivity contribution in [1.29, 1.82) is 0 Å². The number of aliphatic hydroxyl groups is 7. The molecule has 0 spiro atoms. The van der Waals surface area contributed by atoms with Crippen molar-refractivity contribution in [2.24, 2.45) is 5.92 Å². The van der Waals surface area contributed by atoms with Crippen LogP contribution in [0.3, 0.4) is 0 Å². The summed E-state index contributed by atoms with van der Waals surface area (Å²) in [7, 11) is 0. The van der Waals surface area contributed by atoms with Crippen molar-refractivity contribution in [3.8, 4) is 0 Å². The number of unbranched alkanes of at least 4 members (excludes halogenated alkanes) is 9. The first-order valence-corrected chi connectivity index (χ1v) is 16.1. The minimum atomic E-state index is -1.91. The summed E-state index contributed by atoms with van der Waals surface area (Å²) in [6.07, 6.45) is -5.29. The van der Waals surface area contributed by atoms with Crippen LogP contribution in [-0.4, -0.2) is 141 Å². The number of rotatable bonds is 22. The maximum Gasteiger partial charge on any atom is 0.335 e. The van der Waals surface area contributed by atoms with Gasteiger partial charge in [0.05, 0.1) is 19.8 Å². The summed E-state index contributed by atoms with van der Waals surface area (Å²) in [6, 6.07) is 0. The number of hydrogen-bond acceptors (Lipinski definition) is 13. The SMILES string of the molecule is CC(C)CCCCCCCCCCCCOCC(O)COC1OC(C(=O)O)C(OC2OC(CO)C(O)C(O)C2O)C(O)C1O. The molecule has 2 aliphatic heterocycles. The Morgan fingerprint density at radius 3 is 1.86 bits per heavy atom. The third-order valence-electron chi connectivity index (χ3n) is 8.01. The summed E-state index contributed by atoms with van der Waals surface area (Å²) in [5, 5.41) is 80.4. The normalized spacial score (nSPS) is 33.5. The Labute approximate surface area is 259 Å². The van der Waals surface area contributed by atoms with Gasteiger partial charge in [0.2, 0.25) is 0 Å². The maximum absolute atomic E-state index is 11.9. The molecule has 0 radical (unpaired) electrons. The van der Waals surface area contributed by atoms with E-state index in [-0.39, 0.29) is 13.2 Å². The molecule has 11 atom stereocenters. The van der Waals surface area contributed by atoms with E-state index in [0.29, 0.717) is 6.61 Å². The summed E-state index contributed by atoms with van der Waals surface area (Å²) in [6.45, 7) is 3.82. The van der Waals surface area contributed by atoms with Crippen molar-refractivity contribution in [2.45, 2.75) is 152 Å². The molecular weight excluding hydrogens is 584 g/mol. The molecule has 14 nitrogen and oxygen atoms in total. The van der Waals surface area contributed by atoms with Crippen molar-refractivity contribution >= 4 is 5.97 Å². The predicted octanol–water partition coefficient (Wildman–Crippen LogP) is 0.0440. The zero-order valence-electron chi connectivity index (χ0n) is 26.1. The summed E-state index contributed by atoms with van der Waals surface area (Å²) >= 11 is 0. The zero-order chi connectivity index (χ0) is 32.6. The average molecular weight is 641 g/mol. The number of hydrogen-bond donors (Lipinski definition) is 8. The van der Waals surface area contributed by atoms with Gasteiger partial charge in [-0.05, 0) is 12.3 Å². The van der Waals surface area contributed by atoms with Crippen molar-refractivity contribution in [1.82, 2.24) is 0 Å². The van der Waals surface area contributed by atoms with E-state index in [1.807, 2.05) is 0 Å². The zero-order valence-corrected chi connectivity index (χ0v) is 26.1. The minimum absolute atomic E-state index is 0.0482. The van der Waals surface area contributed by atoms with Gasteiger partial charge in [-0.1, -0.05) is 78.1 Å². The monoisotopic (exact) mass is 640 g/mol. The van der Waals surface area contributed by atoms with Gasteiger partial charge in [-0.25, -0.2) is 4.79 Å². The number of ether oxygens (including phenoxy) is 5. The minimum Gasteiger partial charge on any atom is -0.479 e. The number of aliphatic hydroxyl groups excluding tert-OH is 7. The molecule has 260 valence electrons. The molecule has 0 amide bonds. The highest BCUT2D eigenvalue weighted by atomic mass is 16.7. The van der Waals surface area contributed by atoms with Gasteiger partial charge >= 0.3 is 5.97 Å². The van der Waals surface area contributed by atoms with Gasteiger partial charge in [-0.3, -0.25) is 0 Å². The Bertz CT molecular complexity index is 770. The molecule has 2 rings (SSSR count). The van der Waals surface area contributed by atoms with Gasteiger partial charge in [0.15, 0.2) is 18.7 Å². The predicted molar refractivity (Wildman–Crippen MR) is 155 cm³/mol.